The van der Waals surface area contributed by atoms with E-state index >= 15 is 0 Å². The number of hydrogen-bond donors (Lipinski definition) is 0. The van der Waals surface area contributed by atoms with Crippen LogP contribution < -0.4 is 4.90 Å². The van der Waals surface area contributed by atoms with E-state index < -0.39 is 0 Å². The van der Waals surface area contributed by atoms with Crippen LogP contribution in [-0.2, 0) is 0 Å². The van der Waals surface area contributed by atoms with Crippen molar-refractivity contribution in [1.82, 2.24) is 4.98 Å². The van der Waals surface area contributed by atoms with Gasteiger partial charge in [-0.05, 0) is 90.0 Å². The summed E-state index contributed by atoms with van der Waals surface area (Å²) in [5.74, 6) is 0.569. The quantitative estimate of drug-likeness (QED) is 0.192. The Hall–Kier alpha value is -6.59. The van der Waals surface area contributed by atoms with E-state index in [1.807, 2.05) is 60.7 Å². The summed E-state index contributed by atoms with van der Waals surface area (Å²) >= 11 is 0. The van der Waals surface area contributed by atoms with Gasteiger partial charge in [-0.3, -0.25) is 0 Å². The van der Waals surface area contributed by atoms with Crippen LogP contribution in [0.1, 0.15) is 0 Å². The molecule has 0 aliphatic carbocycles. The molecule has 0 amide bonds. The minimum atomic E-state index is 0.569. The largest absolute Gasteiger partial charge is 0.456 e. The Labute approximate surface area is 274 Å². The number of rotatable bonds is 5. The van der Waals surface area contributed by atoms with Gasteiger partial charge in [0.15, 0.2) is 5.58 Å². The number of furan rings is 2. The first-order valence-electron chi connectivity index (χ1n) is 15.9. The number of aromatic nitrogens is 1. The number of fused-ring (bicyclic) bond motifs is 7. The standard InChI is InChI=1S/C43H26N2O3/c1-2-10-27(11-3-1)28-12-8-13-29(24-28)45(30-20-22-38-34(25-30)32-14-4-6-17-37(32)46-38)31-21-23-39-35(26-31)42-33(15-9-19-41(42)47-39)43-44-36-16-5-7-18-40(36)48-43/h1-26H. The normalized spacial score (nSPS) is 11.8. The van der Waals surface area contributed by atoms with Gasteiger partial charge < -0.3 is 18.2 Å². The highest BCUT2D eigenvalue weighted by molar-refractivity contribution is 6.13. The minimum Gasteiger partial charge on any atom is -0.456 e. The molecule has 5 nitrogen and oxygen atoms in total. The molecule has 0 spiro atoms. The van der Waals surface area contributed by atoms with Crippen molar-refractivity contribution in [3.8, 4) is 22.6 Å². The van der Waals surface area contributed by atoms with Crippen LogP contribution in [0.4, 0.5) is 17.1 Å². The predicted octanol–water partition coefficient (Wildman–Crippen LogP) is 12.4. The van der Waals surface area contributed by atoms with Crippen LogP contribution in [0.5, 0.6) is 0 Å². The van der Waals surface area contributed by atoms with Crippen molar-refractivity contribution < 1.29 is 13.3 Å². The van der Waals surface area contributed by atoms with Crippen molar-refractivity contribution in [3.05, 3.63) is 158 Å². The van der Waals surface area contributed by atoms with E-state index in [9.17, 15) is 0 Å². The van der Waals surface area contributed by atoms with Gasteiger partial charge in [-0.15, -0.1) is 0 Å². The van der Waals surface area contributed by atoms with E-state index in [4.69, 9.17) is 18.2 Å². The van der Waals surface area contributed by atoms with Crippen LogP contribution in [0, 0.1) is 0 Å². The maximum absolute atomic E-state index is 6.41. The molecule has 0 radical (unpaired) electrons. The molecule has 0 bridgehead atoms. The Kier molecular flexibility index (Phi) is 5.81. The molecule has 0 saturated carbocycles. The van der Waals surface area contributed by atoms with E-state index in [-0.39, 0.29) is 0 Å². The van der Waals surface area contributed by atoms with Gasteiger partial charge in [-0.1, -0.05) is 78.9 Å². The zero-order chi connectivity index (χ0) is 31.6. The highest BCUT2D eigenvalue weighted by Crippen LogP contribution is 2.43. The second kappa shape index (κ2) is 10.5. The number of anilines is 3. The van der Waals surface area contributed by atoms with Gasteiger partial charge in [-0.25, -0.2) is 4.98 Å². The maximum Gasteiger partial charge on any atom is 0.228 e. The lowest BCUT2D eigenvalue weighted by atomic mass is 10.0. The van der Waals surface area contributed by atoms with Gasteiger partial charge in [-0.2, -0.15) is 0 Å². The van der Waals surface area contributed by atoms with Gasteiger partial charge in [0.05, 0.1) is 0 Å². The molecule has 0 atom stereocenters. The van der Waals surface area contributed by atoms with E-state index in [2.05, 4.69) is 102 Å². The first kappa shape index (κ1) is 26.6. The number of benzene rings is 7. The molecule has 0 aliphatic heterocycles. The fraction of sp³-hybridized carbons (Fsp3) is 0. The zero-order valence-electron chi connectivity index (χ0n) is 25.6. The van der Waals surface area contributed by atoms with E-state index in [1.165, 1.54) is 0 Å². The van der Waals surface area contributed by atoms with Crippen molar-refractivity contribution in [2.24, 2.45) is 0 Å². The Morgan fingerprint density at radius 1 is 0.396 bits per heavy atom. The lowest BCUT2D eigenvalue weighted by Crippen LogP contribution is -2.10. The highest BCUT2D eigenvalue weighted by Gasteiger charge is 2.21. The van der Waals surface area contributed by atoms with Crippen LogP contribution >= 0.6 is 0 Å². The van der Waals surface area contributed by atoms with Crippen LogP contribution in [0.15, 0.2) is 171 Å². The molecule has 3 heterocycles. The lowest BCUT2D eigenvalue weighted by molar-refractivity contribution is 0.620. The van der Waals surface area contributed by atoms with Gasteiger partial charge in [0.1, 0.15) is 27.8 Å². The summed E-state index contributed by atoms with van der Waals surface area (Å²) in [5, 5.41) is 4.11. The number of para-hydroxylation sites is 3. The van der Waals surface area contributed by atoms with E-state index in [0.717, 1.165) is 88.7 Å². The van der Waals surface area contributed by atoms with Gasteiger partial charge in [0, 0.05) is 44.2 Å². The van der Waals surface area contributed by atoms with Crippen LogP contribution in [0.2, 0.25) is 0 Å². The van der Waals surface area contributed by atoms with Crippen molar-refractivity contribution in [1.29, 1.82) is 0 Å². The minimum absolute atomic E-state index is 0.569. The number of oxazole rings is 1. The predicted molar refractivity (Wildman–Crippen MR) is 194 cm³/mol. The summed E-state index contributed by atoms with van der Waals surface area (Å²) in [5.41, 5.74) is 11.1. The molecule has 0 N–H and O–H groups in total. The first-order chi connectivity index (χ1) is 23.8. The number of nitrogens with zero attached hydrogens (tertiary/aromatic N) is 2. The molecule has 3 aromatic heterocycles. The van der Waals surface area contributed by atoms with Crippen molar-refractivity contribution in [2.75, 3.05) is 4.90 Å². The monoisotopic (exact) mass is 618 g/mol. The molecule has 10 rings (SSSR count). The molecule has 0 unspecified atom stereocenters. The Morgan fingerprint density at radius 2 is 1.02 bits per heavy atom. The summed E-state index contributed by atoms with van der Waals surface area (Å²) in [4.78, 5) is 7.13. The maximum atomic E-state index is 6.41. The van der Waals surface area contributed by atoms with Gasteiger partial charge >= 0.3 is 0 Å². The lowest BCUT2D eigenvalue weighted by Gasteiger charge is -2.26. The van der Waals surface area contributed by atoms with Crippen molar-refractivity contribution in [2.45, 2.75) is 0 Å². The molecule has 7 aromatic carbocycles. The summed E-state index contributed by atoms with van der Waals surface area (Å²) in [7, 11) is 0. The second-order valence-electron chi connectivity index (χ2n) is 12.0. The topological polar surface area (TPSA) is 55.6 Å². The fourth-order valence-electron chi connectivity index (χ4n) is 6.88. The van der Waals surface area contributed by atoms with Crippen LogP contribution in [0.3, 0.4) is 0 Å². The Bertz CT molecular complexity index is 2770. The smallest absolute Gasteiger partial charge is 0.228 e. The van der Waals surface area contributed by atoms with Crippen molar-refractivity contribution in [3.63, 3.8) is 0 Å². The summed E-state index contributed by atoms with van der Waals surface area (Å²) in [6.07, 6.45) is 0. The zero-order valence-corrected chi connectivity index (χ0v) is 25.6. The summed E-state index contributed by atoms with van der Waals surface area (Å²) < 4.78 is 18.9. The molecule has 0 fully saturated rings. The molecule has 226 valence electrons. The Balaban J connectivity index is 1.21. The molecule has 0 saturated heterocycles. The van der Waals surface area contributed by atoms with Crippen LogP contribution in [0.25, 0.3) is 77.6 Å². The highest BCUT2D eigenvalue weighted by atomic mass is 16.4. The fourth-order valence-corrected chi connectivity index (χ4v) is 6.88. The molecule has 10 aromatic rings. The SMILES string of the molecule is c1ccc(-c2cccc(N(c3ccc4oc5ccccc5c4c3)c3ccc4oc5cccc(-c6nc7ccccc7o6)c5c4c3)c2)cc1. The number of hydrogen-bond acceptors (Lipinski definition) is 5. The summed E-state index contributed by atoms with van der Waals surface area (Å²) in [6, 6.07) is 54.0. The van der Waals surface area contributed by atoms with Gasteiger partial charge in [0.2, 0.25) is 5.89 Å². The average Bonchev–Trinajstić information content (AvgIpc) is 3.85. The second-order valence-corrected chi connectivity index (χ2v) is 12.0. The first-order valence-corrected chi connectivity index (χ1v) is 15.9. The molecule has 48 heavy (non-hydrogen) atoms. The third-order valence-electron chi connectivity index (χ3n) is 9.09. The average molecular weight is 619 g/mol. The third kappa shape index (κ3) is 4.22. The van der Waals surface area contributed by atoms with Gasteiger partial charge in [0.25, 0.3) is 0 Å². The molecule has 5 heteroatoms. The van der Waals surface area contributed by atoms with E-state index in [0.29, 0.717) is 5.89 Å². The van der Waals surface area contributed by atoms with E-state index in [1.54, 1.807) is 0 Å². The summed E-state index contributed by atoms with van der Waals surface area (Å²) in [6.45, 7) is 0. The molecule has 0 aliphatic rings. The van der Waals surface area contributed by atoms with Crippen LogP contribution in [-0.4, -0.2) is 4.98 Å². The van der Waals surface area contributed by atoms with Crippen molar-refractivity contribution >= 4 is 72.0 Å². The molecular formula is C43H26N2O3. The Morgan fingerprint density at radius 3 is 1.88 bits per heavy atom. The third-order valence-corrected chi connectivity index (χ3v) is 9.09. The molecular weight excluding hydrogens is 592 g/mol.